The van der Waals surface area contributed by atoms with E-state index in [1.807, 2.05) is 0 Å². The van der Waals surface area contributed by atoms with Gasteiger partial charge in [-0.05, 0) is 57.8 Å². The van der Waals surface area contributed by atoms with Gasteiger partial charge in [-0.3, -0.25) is 9.59 Å². The number of nitrogens with two attached hydrogens (primary N) is 2. The standard InChI is InChI=1S/C21H41N9O4S/c1-34-21(33)17(9-2-5-13-25-20(35)12-4-7-16-27-30-23)28-19(32)11-8-14-24-18(31)10-3-6-15-26-29-22/h17H,2-16H2,1H3,(H2,22,26)(H2,23,27)(H,24,31)(H,25,35)(H,28,32). The van der Waals surface area contributed by atoms with Gasteiger partial charge >= 0.3 is 5.97 Å². The first-order chi connectivity index (χ1) is 16.9. The van der Waals surface area contributed by atoms with Crippen molar-refractivity contribution in [2.24, 2.45) is 32.4 Å². The van der Waals surface area contributed by atoms with Crippen molar-refractivity contribution in [1.82, 2.24) is 16.0 Å². The summed E-state index contributed by atoms with van der Waals surface area (Å²) in [6, 6.07) is -0.698. The third-order valence-corrected chi connectivity index (χ3v) is 5.30. The summed E-state index contributed by atoms with van der Waals surface area (Å²) in [5, 5.41) is 22.4. The number of unbranched alkanes of at least 4 members (excludes halogenated alkanes) is 3. The van der Waals surface area contributed by atoms with Gasteiger partial charge in [-0.15, -0.1) is 0 Å². The zero-order chi connectivity index (χ0) is 26.2. The summed E-state index contributed by atoms with van der Waals surface area (Å²) in [4.78, 5) is 36.8. The largest absolute Gasteiger partial charge is 0.467 e. The Morgan fingerprint density at radius 2 is 1.40 bits per heavy atom. The summed E-state index contributed by atoms with van der Waals surface area (Å²) >= 11 is 5.29. The molecule has 0 radical (unpaired) electrons. The Morgan fingerprint density at radius 1 is 0.800 bits per heavy atom. The van der Waals surface area contributed by atoms with Crippen molar-refractivity contribution >= 4 is 35.0 Å². The molecule has 0 fully saturated rings. The number of thiocarbonyl (C=S) groups is 1. The van der Waals surface area contributed by atoms with Gasteiger partial charge in [-0.2, -0.15) is 10.2 Å². The maximum Gasteiger partial charge on any atom is 0.328 e. The highest BCUT2D eigenvalue weighted by molar-refractivity contribution is 7.80. The number of hydrogen-bond donors (Lipinski definition) is 5. The fraction of sp³-hybridized carbons (Fsp3) is 0.810. The van der Waals surface area contributed by atoms with Gasteiger partial charge in [-0.1, -0.05) is 22.7 Å². The number of methoxy groups -OCH3 is 1. The topological polar surface area (TPSA) is 198 Å². The average molecular weight is 516 g/mol. The molecule has 1 atom stereocenters. The van der Waals surface area contributed by atoms with Gasteiger partial charge < -0.3 is 32.4 Å². The number of hydrogen-bond acceptors (Lipinski definition) is 9. The van der Waals surface area contributed by atoms with E-state index in [2.05, 4.69) is 36.6 Å². The summed E-state index contributed by atoms with van der Waals surface area (Å²) in [6.07, 6.45) is 7.03. The second-order valence-electron chi connectivity index (χ2n) is 7.82. The quantitative estimate of drug-likeness (QED) is 0.0379. The smallest absolute Gasteiger partial charge is 0.328 e. The van der Waals surface area contributed by atoms with Crippen LogP contribution in [0.4, 0.5) is 0 Å². The van der Waals surface area contributed by atoms with E-state index >= 15 is 0 Å². The molecule has 0 bridgehead atoms. The SMILES string of the molecule is COC(=O)C(CCCCNC(=S)CCCCN=NN)NC(=O)CCCNC(=O)CCCCN=NN. The predicted octanol–water partition coefficient (Wildman–Crippen LogP) is 1.62. The number of nitrogens with one attached hydrogen (secondary N) is 3. The molecule has 1 unspecified atom stereocenters. The number of amides is 2. The normalized spacial score (nSPS) is 11.9. The number of esters is 1. The van der Waals surface area contributed by atoms with Crippen molar-refractivity contribution in [1.29, 1.82) is 0 Å². The number of carbonyl (C=O) groups excluding carboxylic acids is 3. The van der Waals surface area contributed by atoms with Crippen molar-refractivity contribution in [3.8, 4) is 0 Å². The Bertz CT molecular complexity index is 677. The Balaban J connectivity index is 4.01. The molecule has 0 aromatic rings. The first kappa shape index (κ1) is 32.1. The van der Waals surface area contributed by atoms with Gasteiger partial charge in [0, 0.05) is 25.9 Å². The third-order valence-electron chi connectivity index (χ3n) is 4.95. The van der Waals surface area contributed by atoms with E-state index in [1.165, 1.54) is 7.11 Å². The molecule has 0 heterocycles. The van der Waals surface area contributed by atoms with E-state index in [-0.39, 0.29) is 18.2 Å². The molecule has 13 nitrogen and oxygen atoms in total. The highest BCUT2D eigenvalue weighted by Gasteiger charge is 2.20. The second kappa shape index (κ2) is 22.9. The summed E-state index contributed by atoms with van der Waals surface area (Å²) in [7, 11) is 1.30. The monoisotopic (exact) mass is 515 g/mol. The lowest BCUT2D eigenvalue weighted by molar-refractivity contribution is -0.145. The first-order valence-electron chi connectivity index (χ1n) is 12.0. The highest BCUT2D eigenvalue weighted by atomic mass is 32.1. The maximum atomic E-state index is 12.2. The van der Waals surface area contributed by atoms with Crippen molar-refractivity contribution in [2.75, 3.05) is 33.3 Å². The molecular weight excluding hydrogens is 474 g/mol. The lowest BCUT2D eigenvalue weighted by Crippen LogP contribution is -2.41. The van der Waals surface area contributed by atoms with Crippen molar-refractivity contribution in [3.05, 3.63) is 0 Å². The summed E-state index contributed by atoms with van der Waals surface area (Å²) in [6.45, 7) is 2.18. The fourth-order valence-corrected chi connectivity index (χ4v) is 3.31. The number of ether oxygens (including phenoxy) is 1. The average Bonchev–Trinajstić information content (AvgIpc) is 2.85. The van der Waals surface area contributed by atoms with Gasteiger partial charge in [0.05, 0.1) is 25.2 Å². The fourth-order valence-electron chi connectivity index (χ4n) is 3.06. The predicted molar refractivity (Wildman–Crippen MR) is 136 cm³/mol. The number of rotatable bonds is 21. The minimum absolute atomic E-state index is 0.0753. The van der Waals surface area contributed by atoms with Crippen LogP contribution in [-0.4, -0.2) is 62.1 Å². The molecule has 0 aliphatic carbocycles. The molecule has 7 N–H and O–H groups in total. The van der Waals surface area contributed by atoms with E-state index in [0.717, 1.165) is 43.5 Å². The third kappa shape index (κ3) is 20.2. The van der Waals surface area contributed by atoms with E-state index < -0.39 is 12.0 Å². The van der Waals surface area contributed by atoms with Crippen molar-refractivity contribution in [3.63, 3.8) is 0 Å². The van der Waals surface area contributed by atoms with Crippen LogP contribution in [0.25, 0.3) is 0 Å². The molecule has 0 rings (SSSR count). The van der Waals surface area contributed by atoms with E-state index in [0.29, 0.717) is 51.9 Å². The Morgan fingerprint density at radius 3 is 2.03 bits per heavy atom. The van der Waals surface area contributed by atoms with Crippen LogP contribution in [0.3, 0.4) is 0 Å². The Labute approximate surface area is 212 Å². The number of nitrogens with zero attached hydrogens (tertiary/aromatic N) is 4. The minimum atomic E-state index is -0.698. The molecule has 35 heavy (non-hydrogen) atoms. The first-order valence-corrected chi connectivity index (χ1v) is 12.4. The molecule has 2 amide bonds. The van der Waals surface area contributed by atoms with Crippen LogP contribution in [0.15, 0.2) is 20.7 Å². The van der Waals surface area contributed by atoms with Crippen LogP contribution in [0.1, 0.15) is 70.6 Å². The minimum Gasteiger partial charge on any atom is -0.467 e. The maximum absolute atomic E-state index is 12.2. The van der Waals surface area contributed by atoms with Crippen molar-refractivity contribution < 1.29 is 19.1 Å². The van der Waals surface area contributed by atoms with Crippen molar-refractivity contribution in [2.45, 2.75) is 76.7 Å². The molecule has 200 valence electrons. The van der Waals surface area contributed by atoms with Crippen LogP contribution in [-0.2, 0) is 19.1 Å². The molecule has 0 aliphatic rings. The zero-order valence-corrected chi connectivity index (χ0v) is 21.5. The summed E-state index contributed by atoms with van der Waals surface area (Å²) in [5.74, 6) is 9.05. The van der Waals surface area contributed by atoms with Crippen LogP contribution in [0.2, 0.25) is 0 Å². The Kier molecular flexibility index (Phi) is 21.0. The van der Waals surface area contributed by atoms with Crippen LogP contribution in [0.5, 0.6) is 0 Å². The van der Waals surface area contributed by atoms with Crippen LogP contribution >= 0.6 is 12.2 Å². The van der Waals surface area contributed by atoms with Gasteiger partial charge in [0.25, 0.3) is 0 Å². The molecule has 0 spiro atoms. The van der Waals surface area contributed by atoms with E-state index in [1.54, 1.807) is 0 Å². The molecule has 0 saturated carbocycles. The molecular formula is C21H41N9O4S. The summed E-state index contributed by atoms with van der Waals surface area (Å²) in [5.41, 5.74) is 0. The van der Waals surface area contributed by atoms with Gasteiger partial charge in [0.1, 0.15) is 6.04 Å². The van der Waals surface area contributed by atoms with Crippen LogP contribution < -0.4 is 27.6 Å². The van der Waals surface area contributed by atoms with Crippen LogP contribution in [0, 0.1) is 0 Å². The van der Waals surface area contributed by atoms with E-state index in [9.17, 15) is 14.4 Å². The van der Waals surface area contributed by atoms with Gasteiger partial charge in [0.15, 0.2) is 0 Å². The molecule has 0 aliphatic heterocycles. The van der Waals surface area contributed by atoms with Gasteiger partial charge in [-0.25, -0.2) is 4.79 Å². The second-order valence-corrected chi connectivity index (χ2v) is 8.31. The lowest BCUT2D eigenvalue weighted by Gasteiger charge is -2.17. The zero-order valence-electron chi connectivity index (χ0n) is 20.7. The van der Waals surface area contributed by atoms with E-state index in [4.69, 9.17) is 28.6 Å². The molecule has 0 saturated heterocycles. The molecule has 0 aromatic heterocycles. The van der Waals surface area contributed by atoms with Gasteiger partial charge in [0.2, 0.25) is 11.8 Å². The number of carbonyl (C=O) groups is 3. The summed E-state index contributed by atoms with van der Waals surface area (Å²) < 4.78 is 4.81. The Hall–Kier alpha value is -2.90. The molecule has 0 aromatic carbocycles. The lowest BCUT2D eigenvalue weighted by atomic mass is 10.1. The molecule has 14 heteroatoms. The highest BCUT2D eigenvalue weighted by Crippen LogP contribution is 2.05.